The largest absolute Gasteiger partial charge is 0.481 e. The lowest BCUT2D eigenvalue weighted by Gasteiger charge is -2.28. The van der Waals surface area contributed by atoms with Crippen molar-refractivity contribution in [1.82, 2.24) is 15.0 Å². The number of likely N-dealkylation sites (tertiary alicyclic amines) is 1. The average molecular weight is 392 g/mol. The van der Waals surface area contributed by atoms with Gasteiger partial charge in [-0.3, -0.25) is 9.69 Å². The predicted molar refractivity (Wildman–Crippen MR) is 87.6 cm³/mol. The fourth-order valence-electron chi connectivity index (χ4n) is 2.80. The summed E-state index contributed by atoms with van der Waals surface area (Å²) in [6.07, 6.45) is -3.34. The van der Waals surface area contributed by atoms with Crippen molar-refractivity contribution in [2.24, 2.45) is 5.92 Å². The lowest BCUT2D eigenvalue weighted by atomic mass is 9.97. The molecule has 0 aliphatic carbocycles. The fourth-order valence-corrected chi connectivity index (χ4v) is 2.80. The molecule has 1 saturated heterocycles. The van der Waals surface area contributed by atoms with Gasteiger partial charge in [-0.05, 0) is 38.1 Å². The van der Waals surface area contributed by atoms with Crippen LogP contribution in [0.25, 0.3) is 11.4 Å². The molecular formula is C16H17ClF3N3O3. The number of rotatable bonds is 4. The van der Waals surface area contributed by atoms with Crippen LogP contribution in [0.4, 0.5) is 13.2 Å². The van der Waals surface area contributed by atoms with Crippen LogP contribution in [0.15, 0.2) is 28.8 Å². The van der Waals surface area contributed by atoms with Crippen LogP contribution in [-0.2, 0) is 17.5 Å². The molecule has 2 aromatic rings. The Morgan fingerprint density at radius 2 is 2.00 bits per heavy atom. The molecule has 0 amide bonds. The smallest absolute Gasteiger partial charge is 0.416 e. The number of aromatic nitrogens is 2. The normalized spacial score (nSPS) is 16.3. The van der Waals surface area contributed by atoms with E-state index in [0.29, 0.717) is 38.4 Å². The van der Waals surface area contributed by atoms with Gasteiger partial charge >= 0.3 is 12.1 Å². The van der Waals surface area contributed by atoms with E-state index in [1.165, 1.54) is 12.1 Å². The van der Waals surface area contributed by atoms with Gasteiger partial charge < -0.3 is 9.63 Å². The molecule has 1 fully saturated rings. The second-order valence-corrected chi connectivity index (χ2v) is 5.98. The van der Waals surface area contributed by atoms with Gasteiger partial charge in [-0.2, -0.15) is 18.2 Å². The molecule has 1 aromatic carbocycles. The van der Waals surface area contributed by atoms with Crippen LogP contribution in [0.5, 0.6) is 0 Å². The first-order chi connectivity index (χ1) is 11.8. The van der Waals surface area contributed by atoms with Crippen molar-refractivity contribution in [1.29, 1.82) is 0 Å². The molecule has 26 heavy (non-hydrogen) atoms. The summed E-state index contributed by atoms with van der Waals surface area (Å²) in [7, 11) is 0. The number of hydrogen-bond acceptors (Lipinski definition) is 5. The number of benzene rings is 1. The Kier molecular flexibility index (Phi) is 6.25. The number of hydrogen-bond donors (Lipinski definition) is 1. The minimum Gasteiger partial charge on any atom is -0.481 e. The number of halogens is 4. The molecule has 3 rings (SSSR count). The number of carbonyl (C=O) groups is 1. The van der Waals surface area contributed by atoms with Crippen LogP contribution in [0.1, 0.15) is 24.3 Å². The van der Waals surface area contributed by atoms with Crippen molar-refractivity contribution in [3.63, 3.8) is 0 Å². The molecular weight excluding hydrogens is 375 g/mol. The van der Waals surface area contributed by atoms with E-state index in [0.717, 1.165) is 12.1 Å². The van der Waals surface area contributed by atoms with Crippen LogP contribution in [0, 0.1) is 5.92 Å². The summed E-state index contributed by atoms with van der Waals surface area (Å²) in [5, 5.41) is 12.7. The monoisotopic (exact) mass is 391 g/mol. The molecule has 0 unspecified atom stereocenters. The Balaban J connectivity index is 0.00000243. The summed E-state index contributed by atoms with van der Waals surface area (Å²) >= 11 is 0. The molecule has 6 nitrogen and oxygen atoms in total. The molecule has 1 aliphatic rings. The van der Waals surface area contributed by atoms with Gasteiger partial charge in [0.2, 0.25) is 11.7 Å². The van der Waals surface area contributed by atoms with E-state index in [4.69, 9.17) is 9.63 Å². The van der Waals surface area contributed by atoms with Crippen molar-refractivity contribution in [2.45, 2.75) is 25.6 Å². The van der Waals surface area contributed by atoms with Crippen LogP contribution < -0.4 is 0 Å². The highest BCUT2D eigenvalue weighted by molar-refractivity contribution is 5.85. The highest BCUT2D eigenvalue weighted by atomic mass is 35.5. The first-order valence-electron chi connectivity index (χ1n) is 7.78. The van der Waals surface area contributed by atoms with Gasteiger partial charge in [-0.15, -0.1) is 12.4 Å². The number of piperidine rings is 1. The zero-order valence-corrected chi connectivity index (χ0v) is 14.4. The Labute approximate surface area is 153 Å². The third-order valence-electron chi connectivity index (χ3n) is 4.21. The molecule has 0 spiro atoms. The van der Waals surface area contributed by atoms with Crippen molar-refractivity contribution >= 4 is 18.4 Å². The van der Waals surface area contributed by atoms with Crippen LogP contribution in [0.2, 0.25) is 0 Å². The van der Waals surface area contributed by atoms with Gasteiger partial charge in [-0.25, -0.2) is 0 Å². The van der Waals surface area contributed by atoms with Crippen molar-refractivity contribution in [2.75, 3.05) is 13.1 Å². The molecule has 0 atom stereocenters. The summed E-state index contributed by atoms with van der Waals surface area (Å²) in [5.41, 5.74) is -0.540. The van der Waals surface area contributed by atoms with E-state index >= 15 is 0 Å². The van der Waals surface area contributed by atoms with Crippen LogP contribution in [-0.4, -0.2) is 39.2 Å². The maximum absolute atomic E-state index is 12.8. The van der Waals surface area contributed by atoms with Crippen molar-refractivity contribution in [3.05, 3.63) is 35.7 Å². The second kappa shape index (κ2) is 8.05. The summed E-state index contributed by atoms with van der Waals surface area (Å²) in [6.45, 7) is 1.54. The fraction of sp³-hybridized carbons (Fsp3) is 0.438. The Morgan fingerprint density at radius 1 is 1.31 bits per heavy atom. The number of carboxylic acids is 1. The molecule has 1 aromatic heterocycles. The Hall–Kier alpha value is -2.13. The third kappa shape index (κ3) is 4.73. The van der Waals surface area contributed by atoms with Gasteiger partial charge in [0, 0.05) is 5.56 Å². The van der Waals surface area contributed by atoms with Crippen LogP contribution in [0.3, 0.4) is 0 Å². The molecule has 0 bridgehead atoms. The number of aliphatic carboxylic acids is 1. The van der Waals surface area contributed by atoms with E-state index in [9.17, 15) is 18.0 Å². The SMILES string of the molecule is Cl.O=C(O)C1CCN(Cc2nc(-c3cccc(C(F)(F)F)c3)no2)CC1. The van der Waals surface area contributed by atoms with Gasteiger partial charge in [0.1, 0.15) is 0 Å². The molecule has 10 heteroatoms. The van der Waals surface area contributed by atoms with E-state index in [1.54, 1.807) is 0 Å². The molecule has 0 saturated carbocycles. The van der Waals surface area contributed by atoms with Gasteiger partial charge in [0.15, 0.2) is 0 Å². The summed E-state index contributed by atoms with van der Waals surface area (Å²) in [6, 6.07) is 4.75. The first kappa shape index (κ1) is 20.2. The lowest BCUT2D eigenvalue weighted by Crippen LogP contribution is -2.35. The van der Waals surface area contributed by atoms with E-state index < -0.39 is 17.7 Å². The maximum Gasteiger partial charge on any atom is 0.416 e. The minimum atomic E-state index is -4.43. The number of carboxylic acid groups (broad SMARTS) is 1. The average Bonchev–Trinajstić information content (AvgIpc) is 3.03. The third-order valence-corrected chi connectivity index (χ3v) is 4.21. The van der Waals surface area contributed by atoms with Crippen LogP contribution >= 0.6 is 12.4 Å². The second-order valence-electron chi connectivity index (χ2n) is 5.98. The van der Waals surface area contributed by atoms with Gasteiger partial charge in [-0.1, -0.05) is 17.3 Å². The van der Waals surface area contributed by atoms with Gasteiger partial charge in [0.05, 0.1) is 18.0 Å². The standard InChI is InChI=1S/C16H16F3N3O3.ClH/c17-16(18,19)12-3-1-2-11(8-12)14-20-13(25-21-14)9-22-6-4-10(5-7-22)15(23)24;/h1-3,8,10H,4-7,9H2,(H,23,24);1H. The summed E-state index contributed by atoms with van der Waals surface area (Å²) in [5.74, 6) is -0.730. The summed E-state index contributed by atoms with van der Waals surface area (Å²) < 4.78 is 43.4. The summed E-state index contributed by atoms with van der Waals surface area (Å²) in [4.78, 5) is 17.1. The first-order valence-corrected chi connectivity index (χ1v) is 7.78. The van der Waals surface area contributed by atoms with E-state index in [2.05, 4.69) is 10.1 Å². The van der Waals surface area contributed by atoms with Gasteiger partial charge in [0.25, 0.3) is 0 Å². The molecule has 1 N–H and O–H groups in total. The maximum atomic E-state index is 12.8. The van der Waals surface area contributed by atoms with Crippen molar-refractivity contribution < 1.29 is 27.6 Å². The van der Waals surface area contributed by atoms with E-state index in [1.807, 2.05) is 4.90 Å². The zero-order valence-electron chi connectivity index (χ0n) is 13.6. The highest BCUT2D eigenvalue weighted by Gasteiger charge is 2.31. The zero-order chi connectivity index (χ0) is 18.0. The Bertz CT molecular complexity index is 758. The predicted octanol–water partition coefficient (Wildman–Crippen LogP) is 3.47. The Morgan fingerprint density at radius 3 is 2.62 bits per heavy atom. The molecule has 2 heterocycles. The number of nitrogens with zero attached hydrogens (tertiary/aromatic N) is 3. The lowest BCUT2D eigenvalue weighted by molar-refractivity contribution is -0.143. The molecule has 142 valence electrons. The van der Waals surface area contributed by atoms with Crippen molar-refractivity contribution in [3.8, 4) is 11.4 Å². The number of alkyl halides is 3. The topological polar surface area (TPSA) is 79.5 Å². The van der Waals surface area contributed by atoms with E-state index in [-0.39, 0.29) is 29.7 Å². The molecule has 0 radical (unpaired) electrons. The quantitative estimate of drug-likeness (QED) is 0.859. The minimum absolute atomic E-state index is 0. The highest BCUT2D eigenvalue weighted by Crippen LogP contribution is 2.31. The molecule has 1 aliphatic heterocycles.